The van der Waals surface area contributed by atoms with E-state index in [9.17, 15) is 24.0 Å². The zero-order valence-corrected chi connectivity index (χ0v) is 31.3. The van der Waals surface area contributed by atoms with E-state index in [1.54, 1.807) is 24.3 Å². The van der Waals surface area contributed by atoms with Crippen LogP contribution in [0.15, 0.2) is 24.3 Å². The van der Waals surface area contributed by atoms with E-state index in [2.05, 4.69) is 61.1 Å². The fourth-order valence-electron chi connectivity index (χ4n) is 5.65. The number of rotatable bonds is 21. The summed E-state index contributed by atoms with van der Waals surface area (Å²) >= 11 is 0. The lowest BCUT2D eigenvalue weighted by atomic mass is 9.94. The van der Waals surface area contributed by atoms with Gasteiger partial charge in [0.15, 0.2) is 0 Å². The Morgan fingerprint density at radius 1 is 0.780 bits per heavy atom. The highest BCUT2D eigenvalue weighted by molar-refractivity contribution is 5.99. The third-order valence-electron chi connectivity index (χ3n) is 8.82. The van der Waals surface area contributed by atoms with Crippen LogP contribution in [0.2, 0.25) is 0 Å². The zero-order chi connectivity index (χ0) is 37.4. The van der Waals surface area contributed by atoms with E-state index in [1.165, 1.54) is 0 Å². The summed E-state index contributed by atoms with van der Waals surface area (Å²) in [5.74, 6) is -1.64. The van der Waals surface area contributed by atoms with Crippen molar-refractivity contribution in [2.75, 3.05) is 6.54 Å². The van der Waals surface area contributed by atoms with E-state index in [0.29, 0.717) is 62.0 Å². The maximum absolute atomic E-state index is 13.7. The number of H-pyrrole nitrogens is 1. The van der Waals surface area contributed by atoms with Gasteiger partial charge in [-0.25, -0.2) is 0 Å². The Morgan fingerprint density at radius 2 is 1.50 bits per heavy atom. The van der Waals surface area contributed by atoms with Crippen LogP contribution in [0.1, 0.15) is 111 Å². The Hall–Kier alpha value is -4.36. The average Bonchev–Trinajstić information content (AvgIpc) is 3.62. The van der Waals surface area contributed by atoms with Crippen LogP contribution < -0.4 is 26.6 Å². The summed E-state index contributed by atoms with van der Waals surface area (Å²) < 4.78 is 0. The molecule has 14 nitrogen and oxygen atoms in total. The molecule has 14 heteroatoms. The fraction of sp³-hybridized carbons (Fsp3) is 0.667. The smallest absolute Gasteiger partial charge is 0.251 e. The summed E-state index contributed by atoms with van der Waals surface area (Å²) in [6.45, 7) is 17.8. The molecule has 278 valence electrons. The topological polar surface area (TPSA) is 200 Å². The van der Waals surface area contributed by atoms with Gasteiger partial charge in [-0.1, -0.05) is 80.4 Å². The van der Waals surface area contributed by atoms with Gasteiger partial charge < -0.3 is 26.6 Å². The lowest BCUT2D eigenvalue weighted by molar-refractivity contribution is -0.132. The Morgan fingerprint density at radius 3 is 2.08 bits per heavy atom. The number of aromatic nitrogens is 4. The summed E-state index contributed by atoms with van der Waals surface area (Å²) in [5, 5.41) is 28.5. The molecule has 0 saturated heterocycles. The van der Waals surface area contributed by atoms with Crippen molar-refractivity contribution in [3.63, 3.8) is 0 Å². The molecule has 0 radical (unpaired) electrons. The standard InChI is InChI=1S/C36H59N9O5/c1-10-14-28(34(48)38-27(19-21(4)5)18-17-24(9)32(46)40-29(22(6)7)35(49)37-12-3)39-36(50)30(23(8)11-2)41-33(47)26-16-13-15-25(20-26)31-42-44-45-43-31/h13,15-16,20-24,27-30H,10-12,14,17-19H2,1-9H3,(H,37,49)(H,38,48)(H,39,50)(H,40,46)(H,41,47)(H,42,43,44,45)/t23-,24+,27+,28-,29-,30-/m0/s1. The van der Waals surface area contributed by atoms with Gasteiger partial charge in [0, 0.05) is 29.6 Å². The molecule has 6 N–H and O–H groups in total. The highest BCUT2D eigenvalue weighted by Gasteiger charge is 2.31. The van der Waals surface area contributed by atoms with Gasteiger partial charge in [0.05, 0.1) is 0 Å². The van der Waals surface area contributed by atoms with Crippen LogP contribution in [0.25, 0.3) is 11.4 Å². The second-order valence-electron chi connectivity index (χ2n) is 13.9. The number of carbonyl (C=O) groups excluding carboxylic acids is 5. The van der Waals surface area contributed by atoms with E-state index in [-0.39, 0.29) is 47.4 Å². The summed E-state index contributed by atoms with van der Waals surface area (Å²) in [5.41, 5.74) is 0.931. The Bertz CT molecular complexity index is 1380. The molecule has 1 aromatic heterocycles. The molecule has 0 saturated carbocycles. The van der Waals surface area contributed by atoms with Gasteiger partial charge in [-0.15, -0.1) is 10.2 Å². The first-order chi connectivity index (χ1) is 23.7. The predicted octanol–water partition coefficient (Wildman–Crippen LogP) is 3.52. The number of carbonyl (C=O) groups is 5. The van der Waals surface area contributed by atoms with Gasteiger partial charge in [-0.2, -0.15) is 5.21 Å². The largest absolute Gasteiger partial charge is 0.355 e. The minimum atomic E-state index is -0.881. The second-order valence-corrected chi connectivity index (χ2v) is 13.9. The number of hydrogen-bond acceptors (Lipinski definition) is 8. The van der Waals surface area contributed by atoms with Crippen LogP contribution in [0.4, 0.5) is 0 Å². The quantitative estimate of drug-likeness (QED) is 0.114. The molecule has 2 rings (SSSR count). The maximum atomic E-state index is 13.7. The average molecular weight is 698 g/mol. The molecule has 1 heterocycles. The van der Waals surface area contributed by atoms with Crippen molar-refractivity contribution in [3.8, 4) is 11.4 Å². The van der Waals surface area contributed by atoms with Crippen LogP contribution in [-0.2, 0) is 19.2 Å². The Labute approximate surface area is 296 Å². The van der Waals surface area contributed by atoms with Gasteiger partial charge in [0.1, 0.15) is 18.1 Å². The monoisotopic (exact) mass is 697 g/mol. The number of nitrogens with zero attached hydrogens (tertiary/aromatic N) is 3. The highest BCUT2D eigenvalue weighted by Crippen LogP contribution is 2.18. The SMILES string of the molecule is CCC[C@H](NC(=O)[C@@H](NC(=O)c1cccc(-c2nn[nH]n2)c1)[C@@H](C)CC)C(=O)N[C@H](CC[C@@H](C)C(=O)N[C@H](C(=O)NCC)C(C)C)CC(C)C. The first kappa shape index (κ1) is 41.8. The molecule has 5 amide bonds. The van der Waals surface area contributed by atoms with Gasteiger partial charge >= 0.3 is 0 Å². The van der Waals surface area contributed by atoms with Crippen LogP contribution in [-0.4, -0.2) is 80.9 Å². The van der Waals surface area contributed by atoms with Crippen LogP contribution in [0, 0.1) is 23.7 Å². The summed E-state index contributed by atoms with van der Waals surface area (Å²) in [6.07, 6.45) is 3.42. The van der Waals surface area contributed by atoms with Crippen molar-refractivity contribution in [1.82, 2.24) is 47.2 Å². The molecule has 2 aromatic rings. The lowest BCUT2D eigenvalue weighted by Gasteiger charge is -2.28. The van der Waals surface area contributed by atoms with Gasteiger partial charge in [0.2, 0.25) is 29.5 Å². The summed E-state index contributed by atoms with van der Waals surface area (Å²) in [6, 6.07) is 4.19. The Kier molecular flexibility index (Phi) is 17.6. The van der Waals surface area contributed by atoms with Crippen molar-refractivity contribution < 1.29 is 24.0 Å². The summed E-state index contributed by atoms with van der Waals surface area (Å²) in [4.78, 5) is 66.3. The molecule has 50 heavy (non-hydrogen) atoms. The molecule has 1 aromatic carbocycles. The van der Waals surface area contributed by atoms with Gasteiger partial charge in [0.25, 0.3) is 5.91 Å². The molecular weight excluding hydrogens is 638 g/mol. The number of hydrogen-bond donors (Lipinski definition) is 6. The van der Waals surface area contributed by atoms with Crippen LogP contribution in [0.5, 0.6) is 0 Å². The third-order valence-corrected chi connectivity index (χ3v) is 8.82. The maximum Gasteiger partial charge on any atom is 0.251 e. The number of amides is 5. The number of benzene rings is 1. The molecular formula is C36H59N9O5. The zero-order valence-electron chi connectivity index (χ0n) is 31.3. The molecule has 0 fully saturated rings. The minimum Gasteiger partial charge on any atom is -0.355 e. The number of nitrogens with one attached hydrogen (secondary N) is 6. The molecule has 0 aliphatic carbocycles. The molecule has 0 spiro atoms. The third kappa shape index (κ3) is 13.2. The van der Waals surface area contributed by atoms with Crippen molar-refractivity contribution in [2.45, 2.75) is 125 Å². The Balaban J connectivity index is 2.12. The molecule has 0 bridgehead atoms. The van der Waals surface area contributed by atoms with Crippen molar-refractivity contribution in [1.29, 1.82) is 0 Å². The van der Waals surface area contributed by atoms with Crippen molar-refractivity contribution in [2.24, 2.45) is 23.7 Å². The first-order valence-electron chi connectivity index (χ1n) is 18.1. The molecule has 0 aliphatic rings. The van der Waals surface area contributed by atoms with Crippen molar-refractivity contribution in [3.05, 3.63) is 29.8 Å². The van der Waals surface area contributed by atoms with E-state index >= 15 is 0 Å². The highest BCUT2D eigenvalue weighted by atomic mass is 16.2. The van der Waals surface area contributed by atoms with Gasteiger partial charge in [-0.3, -0.25) is 24.0 Å². The van der Waals surface area contributed by atoms with Crippen LogP contribution in [0.3, 0.4) is 0 Å². The normalized spacial score (nSPS) is 14.9. The second kappa shape index (κ2) is 21.0. The summed E-state index contributed by atoms with van der Waals surface area (Å²) in [7, 11) is 0. The lowest BCUT2D eigenvalue weighted by Crippen LogP contribution is -2.56. The van der Waals surface area contributed by atoms with E-state index in [1.807, 2.05) is 48.5 Å². The number of aromatic amines is 1. The molecule has 0 aliphatic heterocycles. The van der Waals surface area contributed by atoms with Crippen molar-refractivity contribution >= 4 is 29.5 Å². The number of likely N-dealkylation sites (N-methyl/N-ethyl adjacent to an activating group) is 1. The molecule has 6 atom stereocenters. The predicted molar refractivity (Wildman–Crippen MR) is 192 cm³/mol. The number of tetrazole rings is 1. The van der Waals surface area contributed by atoms with E-state index < -0.39 is 29.9 Å². The molecule has 0 unspecified atom stereocenters. The van der Waals surface area contributed by atoms with E-state index in [4.69, 9.17) is 0 Å². The first-order valence-corrected chi connectivity index (χ1v) is 18.1. The fourth-order valence-corrected chi connectivity index (χ4v) is 5.65. The van der Waals surface area contributed by atoms with E-state index in [0.717, 1.165) is 0 Å². The minimum absolute atomic E-state index is 0.0708. The van der Waals surface area contributed by atoms with Crippen LogP contribution >= 0.6 is 0 Å². The van der Waals surface area contributed by atoms with Gasteiger partial charge in [-0.05, 0) is 67.7 Å².